The van der Waals surface area contributed by atoms with E-state index in [0.29, 0.717) is 17.0 Å². The molecule has 1 radical (unpaired) electrons. The molecule has 0 bridgehead atoms. The summed E-state index contributed by atoms with van der Waals surface area (Å²) in [5.74, 6) is 1.42. The zero-order valence-corrected chi connectivity index (χ0v) is 38.4. The molecule has 0 saturated heterocycles. The van der Waals surface area contributed by atoms with Crippen LogP contribution in [0.5, 0.6) is 0 Å². The Morgan fingerprint density at radius 2 is 1.58 bits per heavy atom. The maximum Gasteiger partial charge on any atom is 0.216 e. The summed E-state index contributed by atoms with van der Waals surface area (Å²) in [5, 5.41) is 3.55. The van der Waals surface area contributed by atoms with Crippen LogP contribution in [0.15, 0.2) is 77.5 Å². The molecule has 2 aromatic carbocycles. The van der Waals surface area contributed by atoms with Crippen LogP contribution in [-0.4, -0.2) is 32.6 Å². The number of benzene rings is 2. The monoisotopic (exact) mass is 928 g/mol. The average molecular weight is 928 g/mol. The van der Waals surface area contributed by atoms with Gasteiger partial charge in [-0.25, -0.2) is 4.98 Å². The van der Waals surface area contributed by atoms with Crippen molar-refractivity contribution in [1.82, 2.24) is 24.5 Å². The van der Waals surface area contributed by atoms with E-state index < -0.39 is 8.07 Å². The van der Waals surface area contributed by atoms with Gasteiger partial charge in [-0.15, -0.1) is 59.7 Å². The van der Waals surface area contributed by atoms with Crippen LogP contribution >= 0.6 is 0 Å². The fourth-order valence-corrected chi connectivity index (χ4v) is 9.05. The zero-order chi connectivity index (χ0) is 39.2. The van der Waals surface area contributed by atoms with E-state index in [9.17, 15) is 0 Å². The van der Waals surface area contributed by atoms with Gasteiger partial charge in [-0.1, -0.05) is 98.0 Å². The van der Waals surface area contributed by atoms with Crippen molar-refractivity contribution in [2.24, 2.45) is 5.41 Å². The first-order valence-electron chi connectivity index (χ1n) is 19.5. The summed E-state index contributed by atoms with van der Waals surface area (Å²) in [7, 11) is -1.44. The molecule has 55 heavy (non-hydrogen) atoms. The van der Waals surface area contributed by atoms with Gasteiger partial charge in [0, 0.05) is 55.0 Å². The fourth-order valence-electron chi connectivity index (χ4n) is 7.44. The number of nitrogens with zero attached hydrogens (tertiary/aromatic N) is 5. The minimum atomic E-state index is -1.44. The molecule has 8 heteroatoms. The molecular formula is C47H57IrN5OSi-2. The van der Waals surface area contributed by atoms with E-state index >= 15 is 0 Å². The normalized spacial score (nSPS) is 12.9. The number of furan rings is 1. The summed E-state index contributed by atoms with van der Waals surface area (Å²) in [6, 6.07) is 27.6. The van der Waals surface area contributed by atoms with Crippen LogP contribution in [0, 0.1) is 24.5 Å². The first-order chi connectivity index (χ1) is 25.5. The minimum absolute atomic E-state index is 0. The number of rotatable bonds is 8. The summed E-state index contributed by atoms with van der Waals surface area (Å²) in [6.45, 7) is 29.6. The van der Waals surface area contributed by atoms with E-state index in [-0.39, 0.29) is 31.6 Å². The fraction of sp³-hybridized carbons (Fsp3) is 0.404. The van der Waals surface area contributed by atoms with Crippen LogP contribution in [0.25, 0.3) is 55.7 Å². The van der Waals surface area contributed by atoms with Crippen molar-refractivity contribution in [1.29, 1.82) is 0 Å². The van der Waals surface area contributed by atoms with Crippen LogP contribution in [0.3, 0.4) is 0 Å². The molecule has 0 amide bonds. The van der Waals surface area contributed by atoms with Gasteiger partial charge in [-0.05, 0) is 61.2 Å². The molecule has 5 aromatic heterocycles. The van der Waals surface area contributed by atoms with Crippen molar-refractivity contribution in [3.63, 3.8) is 0 Å². The van der Waals surface area contributed by atoms with Crippen molar-refractivity contribution in [2.75, 3.05) is 0 Å². The van der Waals surface area contributed by atoms with Crippen LogP contribution < -0.4 is 5.19 Å². The molecule has 0 aliphatic rings. The van der Waals surface area contributed by atoms with E-state index in [1.54, 1.807) is 0 Å². The second-order valence-corrected chi connectivity index (χ2v) is 22.5. The maximum absolute atomic E-state index is 6.06. The predicted octanol–water partition coefficient (Wildman–Crippen LogP) is 12.4. The van der Waals surface area contributed by atoms with Crippen molar-refractivity contribution in [2.45, 2.75) is 119 Å². The smallest absolute Gasteiger partial charge is 0.216 e. The Hall–Kier alpha value is -3.97. The SMILES string of the molecule is CCC(C)(CC)C(C)c1cc(-c2[c-]cccc2)ncc1[Si](C)(C)C.Cc1nccc2nc(-c3[c-]cc4oc5nc(C(C)(C)C)ccc5c4c3)n(C(C)C)c12.[Ir]. The first kappa shape index (κ1) is 42.2. The molecule has 0 aliphatic heterocycles. The van der Waals surface area contributed by atoms with Gasteiger partial charge in [0.1, 0.15) is 0 Å². The summed E-state index contributed by atoms with van der Waals surface area (Å²) in [4.78, 5) is 19.0. The Bertz CT molecular complexity index is 2410. The Kier molecular flexibility index (Phi) is 12.5. The van der Waals surface area contributed by atoms with Gasteiger partial charge in [0.2, 0.25) is 5.71 Å². The Balaban J connectivity index is 0.000000213. The first-order valence-corrected chi connectivity index (χ1v) is 23.0. The summed E-state index contributed by atoms with van der Waals surface area (Å²) < 4.78 is 8.30. The van der Waals surface area contributed by atoms with Crippen LogP contribution in [0.4, 0.5) is 0 Å². The Morgan fingerprint density at radius 3 is 2.20 bits per heavy atom. The summed E-state index contributed by atoms with van der Waals surface area (Å²) in [5.41, 5.74) is 10.4. The average Bonchev–Trinajstić information content (AvgIpc) is 3.73. The number of pyridine rings is 3. The molecule has 291 valence electrons. The molecule has 7 rings (SSSR count). The summed E-state index contributed by atoms with van der Waals surface area (Å²) >= 11 is 0. The molecule has 1 atom stereocenters. The van der Waals surface area contributed by atoms with Crippen LogP contribution in [0.1, 0.15) is 104 Å². The molecule has 0 spiro atoms. The second kappa shape index (κ2) is 16.2. The number of aryl methyl sites for hydroxylation is 1. The molecule has 0 N–H and O–H groups in total. The third kappa shape index (κ3) is 8.43. The molecule has 0 saturated carbocycles. The quantitative estimate of drug-likeness (QED) is 0.112. The molecule has 6 nitrogen and oxygen atoms in total. The van der Waals surface area contributed by atoms with Gasteiger partial charge in [0.05, 0.1) is 36.2 Å². The molecule has 5 heterocycles. The zero-order valence-electron chi connectivity index (χ0n) is 35.0. The predicted molar refractivity (Wildman–Crippen MR) is 229 cm³/mol. The van der Waals surface area contributed by atoms with Crippen LogP contribution in [0.2, 0.25) is 19.6 Å². The molecule has 0 aliphatic carbocycles. The van der Waals surface area contributed by atoms with E-state index in [2.05, 4.69) is 146 Å². The van der Waals surface area contributed by atoms with Crippen molar-refractivity contribution < 1.29 is 24.5 Å². The van der Waals surface area contributed by atoms with Gasteiger partial charge in [-0.2, -0.15) is 0 Å². The Labute approximate surface area is 343 Å². The number of hydrogen-bond acceptors (Lipinski definition) is 5. The van der Waals surface area contributed by atoms with E-state index in [0.717, 1.165) is 61.4 Å². The van der Waals surface area contributed by atoms with E-state index in [1.807, 2.05) is 37.4 Å². The number of aromatic nitrogens is 5. The summed E-state index contributed by atoms with van der Waals surface area (Å²) in [6.07, 6.45) is 6.36. The van der Waals surface area contributed by atoms with E-state index in [1.165, 1.54) is 23.6 Å². The Morgan fingerprint density at radius 1 is 0.855 bits per heavy atom. The van der Waals surface area contributed by atoms with Gasteiger partial charge in [0.25, 0.3) is 0 Å². The third-order valence-corrected chi connectivity index (χ3v) is 13.5. The standard InChI is InChI=1S/C25H25N4O.C22H32NSi.Ir/c1-14(2)29-22-15(3)26-12-11-19(22)27-23(29)16-7-9-20-18(13-16)17-8-10-21(25(4,5)6)28-24(17)30-20;1-8-22(4,9-2)17(3)19-15-20(18-13-11-10-12-14-18)23-16-21(19)24(5,6)7;/h8-14H,1-6H3;10-13,15-17H,8-9H2,1-7H3;/q2*-1;. The number of fused-ring (bicyclic) bond motifs is 4. The molecular weight excluding hydrogens is 871 g/mol. The minimum Gasteiger partial charge on any atom is -0.486 e. The van der Waals surface area contributed by atoms with Gasteiger partial charge < -0.3 is 14.0 Å². The third-order valence-electron chi connectivity index (χ3n) is 11.4. The van der Waals surface area contributed by atoms with Crippen molar-refractivity contribution in [3.05, 3.63) is 102 Å². The number of imidazole rings is 1. The van der Waals surface area contributed by atoms with E-state index in [4.69, 9.17) is 19.4 Å². The molecule has 0 fully saturated rings. The molecule has 1 unspecified atom stereocenters. The van der Waals surface area contributed by atoms with Gasteiger partial charge in [0.15, 0.2) is 0 Å². The second-order valence-electron chi connectivity index (χ2n) is 17.5. The van der Waals surface area contributed by atoms with Crippen LogP contribution in [-0.2, 0) is 25.5 Å². The topological polar surface area (TPSA) is 69.6 Å². The van der Waals surface area contributed by atoms with Gasteiger partial charge >= 0.3 is 0 Å². The van der Waals surface area contributed by atoms with Crippen molar-refractivity contribution in [3.8, 4) is 22.6 Å². The van der Waals surface area contributed by atoms with Crippen molar-refractivity contribution >= 4 is 46.4 Å². The molecule has 7 aromatic rings. The maximum atomic E-state index is 6.06. The largest absolute Gasteiger partial charge is 0.486 e. The van der Waals surface area contributed by atoms with Gasteiger partial charge in [-0.3, -0.25) is 9.97 Å². The number of hydrogen-bond donors (Lipinski definition) is 0.